The number of hydrogen-bond acceptors (Lipinski definition) is 3. The molecule has 1 amide bonds. The summed E-state index contributed by atoms with van der Waals surface area (Å²) in [4.78, 5) is 11.9. The monoisotopic (exact) mass is 254 g/mol. The van der Waals surface area contributed by atoms with Gasteiger partial charge in [-0.2, -0.15) is 0 Å². The molecule has 0 aliphatic carbocycles. The van der Waals surface area contributed by atoms with Gasteiger partial charge < -0.3 is 15.8 Å². The molecule has 0 fully saturated rings. The first-order valence-corrected chi connectivity index (χ1v) is 5.93. The van der Waals surface area contributed by atoms with Crippen LogP contribution in [-0.4, -0.2) is 25.7 Å². The zero-order valence-corrected chi connectivity index (χ0v) is 10.7. The van der Waals surface area contributed by atoms with Gasteiger partial charge in [-0.3, -0.25) is 4.79 Å². The van der Waals surface area contributed by atoms with Crippen molar-refractivity contribution >= 4 is 11.6 Å². The summed E-state index contributed by atoms with van der Waals surface area (Å²) in [6, 6.07) is 3.92. The molecule has 0 aliphatic rings. The minimum Gasteiger partial charge on any atom is -0.399 e. The molecule has 3 N–H and O–H groups in total. The Morgan fingerprint density at radius 1 is 1.56 bits per heavy atom. The number of carbonyl (C=O) groups is 1. The van der Waals surface area contributed by atoms with E-state index in [0.717, 1.165) is 18.9 Å². The molecule has 1 aromatic carbocycles. The first-order valence-electron chi connectivity index (χ1n) is 5.93. The van der Waals surface area contributed by atoms with Gasteiger partial charge in [0.2, 0.25) is 0 Å². The normalized spacial score (nSPS) is 12.2. The van der Waals surface area contributed by atoms with Crippen LogP contribution in [0.1, 0.15) is 30.1 Å². The molecule has 1 rings (SSSR count). The minimum atomic E-state index is -0.611. The second kappa shape index (κ2) is 6.96. The molecule has 1 atom stereocenters. The summed E-state index contributed by atoms with van der Waals surface area (Å²) in [7, 11) is 1.57. The summed E-state index contributed by atoms with van der Waals surface area (Å²) in [5.74, 6) is -1.05. The third kappa shape index (κ3) is 4.00. The lowest BCUT2D eigenvalue weighted by Gasteiger charge is -2.17. The third-order valence-electron chi connectivity index (χ3n) is 2.58. The Kier molecular flexibility index (Phi) is 5.58. The second-order valence-corrected chi connectivity index (χ2v) is 4.15. The first kappa shape index (κ1) is 14.4. The van der Waals surface area contributed by atoms with Crippen LogP contribution >= 0.6 is 0 Å². The van der Waals surface area contributed by atoms with Crippen molar-refractivity contribution in [1.82, 2.24) is 5.32 Å². The van der Waals surface area contributed by atoms with Crippen molar-refractivity contribution in [3.8, 4) is 0 Å². The zero-order chi connectivity index (χ0) is 13.5. The number of methoxy groups -OCH3 is 1. The lowest BCUT2D eigenvalue weighted by atomic mass is 10.1. The van der Waals surface area contributed by atoms with Gasteiger partial charge in [0.15, 0.2) is 0 Å². The van der Waals surface area contributed by atoms with Gasteiger partial charge in [-0.25, -0.2) is 4.39 Å². The first-order chi connectivity index (χ1) is 8.58. The Hall–Kier alpha value is -1.62. The maximum atomic E-state index is 13.6. The number of anilines is 1. The highest BCUT2D eigenvalue weighted by Crippen LogP contribution is 2.12. The van der Waals surface area contributed by atoms with E-state index in [9.17, 15) is 9.18 Å². The van der Waals surface area contributed by atoms with E-state index in [1.807, 2.05) is 6.92 Å². The van der Waals surface area contributed by atoms with Gasteiger partial charge in [-0.05, 0) is 24.6 Å². The van der Waals surface area contributed by atoms with Crippen LogP contribution in [-0.2, 0) is 4.74 Å². The number of carbonyl (C=O) groups excluding carboxylic acids is 1. The number of halogens is 1. The molecule has 1 unspecified atom stereocenters. The number of nitrogens with one attached hydrogen (secondary N) is 1. The van der Waals surface area contributed by atoms with Crippen molar-refractivity contribution < 1.29 is 13.9 Å². The summed E-state index contributed by atoms with van der Waals surface area (Å²) in [6.07, 6.45) is 1.70. The van der Waals surface area contributed by atoms with E-state index in [1.165, 1.54) is 12.1 Å². The predicted octanol–water partition coefficient (Wildman–Crippen LogP) is 1.95. The number of hydrogen-bond donors (Lipinski definition) is 2. The molecule has 100 valence electrons. The molecule has 0 saturated heterocycles. The molecular weight excluding hydrogens is 235 g/mol. The van der Waals surface area contributed by atoms with Crippen LogP contribution in [0.2, 0.25) is 0 Å². The molecule has 0 saturated carbocycles. The Balaban J connectivity index is 2.73. The van der Waals surface area contributed by atoms with Crippen LogP contribution in [0.4, 0.5) is 10.1 Å². The molecule has 4 nitrogen and oxygen atoms in total. The largest absolute Gasteiger partial charge is 0.399 e. The maximum absolute atomic E-state index is 13.6. The van der Waals surface area contributed by atoms with Crippen molar-refractivity contribution in [3.05, 3.63) is 29.6 Å². The van der Waals surface area contributed by atoms with E-state index < -0.39 is 11.7 Å². The van der Waals surface area contributed by atoms with Gasteiger partial charge in [0.1, 0.15) is 5.82 Å². The van der Waals surface area contributed by atoms with Crippen LogP contribution in [0.25, 0.3) is 0 Å². The van der Waals surface area contributed by atoms with E-state index in [0.29, 0.717) is 12.3 Å². The fraction of sp³-hybridized carbons (Fsp3) is 0.462. The number of rotatable bonds is 6. The summed E-state index contributed by atoms with van der Waals surface area (Å²) in [6.45, 7) is 2.43. The van der Waals surface area contributed by atoms with Crippen LogP contribution in [0.3, 0.4) is 0 Å². The van der Waals surface area contributed by atoms with Gasteiger partial charge in [0.25, 0.3) is 5.91 Å². The Bertz CT molecular complexity index is 404. The summed E-state index contributed by atoms with van der Waals surface area (Å²) >= 11 is 0. The highest BCUT2D eigenvalue weighted by atomic mass is 19.1. The summed E-state index contributed by atoms with van der Waals surface area (Å²) in [5, 5.41) is 2.75. The molecule has 0 aliphatic heterocycles. The van der Waals surface area contributed by atoms with E-state index >= 15 is 0 Å². The molecule has 5 heteroatoms. The average molecular weight is 254 g/mol. The van der Waals surface area contributed by atoms with Crippen LogP contribution in [0, 0.1) is 5.82 Å². The van der Waals surface area contributed by atoms with Gasteiger partial charge in [-0.15, -0.1) is 0 Å². The predicted molar refractivity (Wildman–Crippen MR) is 68.9 cm³/mol. The van der Waals surface area contributed by atoms with Gasteiger partial charge >= 0.3 is 0 Å². The topological polar surface area (TPSA) is 64.3 Å². The zero-order valence-electron chi connectivity index (χ0n) is 10.7. The molecule has 0 aromatic heterocycles. The Morgan fingerprint density at radius 2 is 2.28 bits per heavy atom. The van der Waals surface area contributed by atoms with Crippen molar-refractivity contribution in [3.63, 3.8) is 0 Å². The van der Waals surface area contributed by atoms with Crippen molar-refractivity contribution in [1.29, 1.82) is 0 Å². The minimum absolute atomic E-state index is 0.00130. The number of benzene rings is 1. The van der Waals surface area contributed by atoms with Crippen LogP contribution < -0.4 is 11.1 Å². The Labute approximate surface area is 106 Å². The van der Waals surface area contributed by atoms with E-state index in [1.54, 1.807) is 7.11 Å². The fourth-order valence-corrected chi connectivity index (χ4v) is 1.73. The smallest absolute Gasteiger partial charge is 0.254 e. The lowest BCUT2D eigenvalue weighted by molar-refractivity contribution is 0.0887. The van der Waals surface area contributed by atoms with Crippen molar-refractivity contribution in [2.75, 3.05) is 19.5 Å². The van der Waals surface area contributed by atoms with Crippen molar-refractivity contribution in [2.45, 2.75) is 25.8 Å². The second-order valence-electron chi connectivity index (χ2n) is 4.15. The number of nitrogen functional groups attached to an aromatic ring is 1. The molecule has 0 radical (unpaired) electrons. The standard InChI is InChI=1S/C13H19FN2O2/c1-3-4-10(8-18-2)16-13(17)11-6-5-9(15)7-12(11)14/h5-7,10H,3-4,8,15H2,1-2H3,(H,16,17). The van der Waals surface area contributed by atoms with Crippen molar-refractivity contribution in [2.24, 2.45) is 0 Å². The average Bonchev–Trinajstić information content (AvgIpc) is 2.29. The maximum Gasteiger partial charge on any atom is 0.254 e. The van der Waals surface area contributed by atoms with Crippen LogP contribution in [0.15, 0.2) is 18.2 Å². The fourth-order valence-electron chi connectivity index (χ4n) is 1.73. The summed E-state index contributed by atoms with van der Waals surface area (Å²) < 4.78 is 18.6. The van der Waals surface area contributed by atoms with Gasteiger partial charge in [0, 0.05) is 12.8 Å². The van der Waals surface area contributed by atoms with E-state index in [4.69, 9.17) is 10.5 Å². The van der Waals surface area contributed by atoms with E-state index in [-0.39, 0.29) is 11.6 Å². The lowest BCUT2D eigenvalue weighted by Crippen LogP contribution is -2.38. The molecule has 0 heterocycles. The van der Waals surface area contributed by atoms with Gasteiger partial charge in [0.05, 0.1) is 18.2 Å². The number of amides is 1. The SMILES string of the molecule is CCCC(COC)NC(=O)c1ccc(N)cc1F. The quantitative estimate of drug-likeness (QED) is 0.763. The summed E-state index contributed by atoms with van der Waals surface area (Å²) in [5.41, 5.74) is 5.73. The third-order valence-corrected chi connectivity index (χ3v) is 2.58. The molecule has 0 spiro atoms. The molecule has 1 aromatic rings. The number of nitrogens with two attached hydrogens (primary N) is 1. The molecule has 0 bridgehead atoms. The molecular formula is C13H19FN2O2. The van der Waals surface area contributed by atoms with Crippen LogP contribution in [0.5, 0.6) is 0 Å². The highest BCUT2D eigenvalue weighted by Gasteiger charge is 2.16. The molecule has 18 heavy (non-hydrogen) atoms. The van der Waals surface area contributed by atoms with Gasteiger partial charge in [-0.1, -0.05) is 13.3 Å². The van der Waals surface area contributed by atoms with E-state index in [2.05, 4.69) is 5.32 Å². The Morgan fingerprint density at radius 3 is 2.83 bits per heavy atom. The highest BCUT2D eigenvalue weighted by molar-refractivity contribution is 5.95. The number of ether oxygens (including phenoxy) is 1.